The first kappa shape index (κ1) is 14.3. The predicted octanol–water partition coefficient (Wildman–Crippen LogP) is 2.00. The summed E-state index contributed by atoms with van der Waals surface area (Å²) in [5, 5.41) is 16.3. The second-order valence-corrected chi connectivity index (χ2v) is 5.53. The molecule has 0 atom stereocenters. The number of carboxylic acid groups (broad SMARTS) is 1. The molecule has 1 saturated carbocycles. The Hall–Kier alpha value is -2.63. The van der Waals surface area contributed by atoms with E-state index in [4.69, 9.17) is 0 Å². The normalized spacial score (nSPS) is 16.4. The number of carbonyl (C=O) groups excluding carboxylic acids is 1. The van der Waals surface area contributed by atoms with Crippen LogP contribution in [-0.4, -0.2) is 32.3 Å². The topological polar surface area (TPSA) is 84.2 Å². The van der Waals surface area contributed by atoms with Gasteiger partial charge in [-0.2, -0.15) is 5.10 Å². The minimum atomic E-state index is -1.15. The van der Waals surface area contributed by atoms with Crippen LogP contribution in [0.4, 0.5) is 0 Å². The Balaban J connectivity index is 1.79. The van der Waals surface area contributed by atoms with Crippen molar-refractivity contribution < 1.29 is 14.7 Å². The summed E-state index contributed by atoms with van der Waals surface area (Å²) in [6, 6.07) is 11.0. The van der Waals surface area contributed by atoms with Gasteiger partial charge in [-0.05, 0) is 31.0 Å². The van der Waals surface area contributed by atoms with E-state index >= 15 is 0 Å². The molecule has 0 saturated heterocycles. The Bertz CT molecular complexity index is 688. The number of nitrogens with one attached hydrogen (secondary N) is 1. The molecule has 2 aromatic rings. The van der Waals surface area contributed by atoms with Gasteiger partial charge in [-0.1, -0.05) is 31.0 Å². The van der Waals surface area contributed by atoms with E-state index in [0.717, 1.165) is 18.5 Å². The Morgan fingerprint density at radius 3 is 2.45 bits per heavy atom. The van der Waals surface area contributed by atoms with Crippen LogP contribution < -0.4 is 5.32 Å². The molecule has 1 amide bonds. The van der Waals surface area contributed by atoms with Crippen LogP contribution in [0.2, 0.25) is 0 Å². The van der Waals surface area contributed by atoms with Crippen molar-refractivity contribution in [3.63, 3.8) is 0 Å². The van der Waals surface area contributed by atoms with Crippen LogP contribution in [0.1, 0.15) is 36.2 Å². The Morgan fingerprint density at radius 2 is 1.82 bits per heavy atom. The number of rotatable bonds is 4. The van der Waals surface area contributed by atoms with Crippen molar-refractivity contribution in [3.8, 4) is 5.69 Å². The summed E-state index contributed by atoms with van der Waals surface area (Å²) in [5.74, 6) is -1.42. The quantitative estimate of drug-likeness (QED) is 0.904. The standard InChI is InChI=1S/C16H17N3O3/c20-14(17-16(15(21)22)9-4-5-10-16)13-8-11-19(18-13)12-6-2-1-3-7-12/h1-3,6-8,11H,4-5,9-10H2,(H,17,20)(H,21,22). The van der Waals surface area contributed by atoms with E-state index in [1.807, 2.05) is 30.3 Å². The maximum absolute atomic E-state index is 12.3. The van der Waals surface area contributed by atoms with Crippen LogP contribution in [0.3, 0.4) is 0 Å². The Morgan fingerprint density at radius 1 is 1.14 bits per heavy atom. The van der Waals surface area contributed by atoms with E-state index < -0.39 is 17.4 Å². The van der Waals surface area contributed by atoms with Crippen molar-refractivity contribution >= 4 is 11.9 Å². The molecule has 1 fully saturated rings. The van der Waals surface area contributed by atoms with Gasteiger partial charge in [-0.25, -0.2) is 9.48 Å². The molecule has 6 nitrogen and oxygen atoms in total. The molecule has 0 radical (unpaired) electrons. The molecule has 1 heterocycles. The number of carboxylic acids is 1. The molecular weight excluding hydrogens is 282 g/mol. The lowest BCUT2D eigenvalue weighted by Gasteiger charge is -2.24. The van der Waals surface area contributed by atoms with E-state index in [2.05, 4.69) is 10.4 Å². The van der Waals surface area contributed by atoms with Gasteiger partial charge in [-0.15, -0.1) is 0 Å². The summed E-state index contributed by atoms with van der Waals surface area (Å²) in [6.07, 6.45) is 4.24. The van der Waals surface area contributed by atoms with E-state index in [0.29, 0.717) is 12.8 Å². The third kappa shape index (κ3) is 2.59. The summed E-state index contributed by atoms with van der Waals surface area (Å²) < 4.78 is 1.59. The van der Waals surface area contributed by atoms with Crippen molar-refractivity contribution in [1.82, 2.24) is 15.1 Å². The smallest absolute Gasteiger partial charge is 0.329 e. The summed E-state index contributed by atoms with van der Waals surface area (Å²) >= 11 is 0. The highest BCUT2D eigenvalue weighted by molar-refractivity contribution is 5.96. The first-order valence-electron chi connectivity index (χ1n) is 7.28. The second kappa shape index (κ2) is 5.63. The molecule has 1 aromatic carbocycles. The van der Waals surface area contributed by atoms with Crippen LogP contribution >= 0.6 is 0 Å². The third-order valence-electron chi connectivity index (χ3n) is 4.06. The Kier molecular flexibility index (Phi) is 3.66. The Labute approximate surface area is 127 Å². The molecule has 0 aliphatic heterocycles. The van der Waals surface area contributed by atoms with Crippen LogP contribution in [0.15, 0.2) is 42.6 Å². The molecule has 114 valence electrons. The van der Waals surface area contributed by atoms with Crippen molar-refractivity contribution in [2.24, 2.45) is 0 Å². The lowest BCUT2D eigenvalue weighted by atomic mass is 9.97. The van der Waals surface area contributed by atoms with Gasteiger partial charge < -0.3 is 10.4 Å². The second-order valence-electron chi connectivity index (χ2n) is 5.53. The summed E-state index contributed by atoms with van der Waals surface area (Å²) in [5.41, 5.74) is -0.0834. The first-order valence-corrected chi connectivity index (χ1v) is 7.28. The number of benzene rings is 1. The molecule has 1 aromatic heterocycles. The highest BCUT2D eigenvalue weighted by Crippen LogP contribution is 2.30. The average Bonchev–Trinajstić information content (AvgIpc) is 3.18. The van der Waals surface area contributed by atoms with Crippen molar-refractivity contribution in [3.05, 3.63) is 48.3 Å². The van der Waals surface area contributed by atoms with Gasteiger partial charge in [0.1, 0.15) is 5.54 Å². The highest BCUT2D eigenvalue weighted by atomic mass is 16.4. The maximum Gasteiger partial charge on any atom is 0.329 e. The van der Waals surface area contributed by atoms with Gasteiger partial charge in [0.15, 0.2) is 5.69 Å². The fraction of sp³-hybridized carbons (Fsp3) is 0.312. The third-order valence-corrected chi connectivity index (χ3v) is 4.06. The molecule has 3 rings (SSSR count). The van der Waals surface area contributed by atoms with Crippen molar-refractivity contribution in [2.75, 3.05) is 0 Å². The van der Waals surface area contributed by atoms with Crippen LogP contribution in [0.25, 0.3) is 5.69 Å². The molecule has 2 N–H and O–H groups in total. The lowest BCUT2D eigenvalue weighted by molar-refractivity contribution is -0.144. The number of carbonyl (C=O) groups is 2. The van der Waals surface area contributed by atoms with Crippen molar-refractivity contribution in [1.29, 1.82) is 0 Å². The van der Waals surface area contributed by atoms with Gasteiger partial charge in [0.05, 0.1) is 5.69 Å². The minimum absolute atomic E-state index is 0.219. The fourth-order valence-electron chi connectivity index (χ4n) is 2.82. The molecular formula is C16H17N3O3. The van der Waals surface area contributed by atoms with Crippen LogP contribution in [0, 0.1) is 0 Å². The number of amides is 1. The number of hydrogen-bond acceptors (Lipinski definition) is 3. The predicted molar refractivity (Wildman–Crippen MR) is 79.9 cm³/mol. The molecule has 1 aliphatic rings. The number of nitrogens with zero attached hydrogens (tertiary/aromatic N) is 2. The fourth-order valence-corrected chi connectivity index (χ4v) is 2.82. The summed E-state index contributed by atoms with van der Waals surface area (Å²) in [6.45, 7) is 0. The molecule has 0 unspecified atom stereocenters. The van der Waals surface area contributed by atoms with E-state index in [1.54, 1.807) is 16.9 Å². The molecule has 1 aliphatic carbocycles. The molecule has 22 heavy (non-hydrogen) atoms. The van der Waals surface area contributed by atoms with Crippen molar-refractivity contribution in [2.45, 2.75) is 31.2 Å². The van der Waals surface area contributed by atoms with E-state index in [-0.39, 0.29) is 5.69 Å². The number of hydrogen-bond donors (Lipinski definition) is 2. The zero-order valence-corrected chi connectivity index (χ0v) is 12.0. The molecule has 0 spiro atoms. The van der Waals surface area contributed by atoms with Crippen LogP contribution in [-0.2, 0) is 4.79 Å². The van der Waals surface area contributed by atoms with Gasteiger partial charge in [0.2, 0.25) is 0 Å². The maximum atomic E-state index is 12.3. The molecule has 0 bridgehead atoms. The SMILES string of the molecule is O=C(NC1(C(=O)O)CCCC1)c1ccn(-c2ccccc2)n1. The number of aliphatic carboxylic acids is 1. The van der Waals surface area contributed by atoms with Gasteiger partial charge in [-0.3, -0.25) is 4.79 Å². The van der Waals surface area contributed by atoms with E-state index in [9.17, 15) is 14.7 Å². The van der Waals surface area contributed by atoms with Gasteiger partial charge >= 0.3 is 5.97 Å². The minimum Gasteiger partial charge on any atom is -0.480 e. The monoisotopic (exact) mass is 299 g/mol. The van der Waals surface area contributed by atoms with Crippen LogP contribution in [0.5, 0.6) is 0 Å². The average molecular weight is 299 g/mol. The zero-order chi connectivity index (χ0) is 15.6. The summed E-state index contributed by atoms with van der Waals surface area (Å²) in [4.78, 5) is 23.8. The first-order chi connectivity index (χ1) is 10.6. The lowest BCUT2D eigenvalue weighted by Crippen LogP contribution is -2.52. The highest BCUT2D eigenvalue weighted by Gasteiger charge is 2.43. The molecule has 6 heteroatoms. The number of para-hydroxylation sites is 1. The number of aromatic nitrogens is 2. The largest absolute Gasteiger partial charge is 0.480 e. The summed E-state index contributed by atoms with van der Waals surface area (Å²) in [7, 11) is 0. The van der Waals surface area contributed by atoms with Gasteiger partial charge in [0, 0.05) is 6.20 Å². The zero-order valence-electron chi connectivity index (χ0n) is 12.0. The van der Waals surface area contributed by atoms with E-state index in [1.165, 1.54) is 0 Å². The van der Waals surface area contributed by atoms with Gasteiger partial charge in [0.25, 0.3) is 5.91 Å².